The number of amides is 1. The Kier molecular flexibility index (Phi) is 6.98. The Morgan fingerprint density at radius 2 is 1.73 bits per heavy atom. The fourth-order valence-electron chi connectivity index (χ4n) is 6.13. The molecule has 10 heteroatoms. The van der Waals surface area contributed by atoms with Gasteiger partial charge in [0.1, 0.15) is 22.8 Å². The number of nitrogens with one attached hydrogen (secondary N) is 1. The van der Waals surface area contributed by atoms with Crippen LogP contribution < -0.4 is 5.32 Å². The van der Waals surface area contributed by atoms with Gasteiger partial charge in [-0.05, 0) is 66.5 Å². The van der Waals surface area contributed by atoms with Crippen LogP contribution in [0.5, 0.6) is 5.75 Å². The zero-order chi connectivity index (χ0) is 29.8. The molecule has 0 bridgehead atoms. The minimum absolute atomic E-state index is 0.0331. The number of anilines is 1. The Bertz CT molecular complexity index is 1550. The number of aliphatic hydroxyl groups excluding tert-OH is 2. The lowest BCUT2D eigenvalue weighted by Gasteiger charge is -2.46. The van der Waals surface area contributed by atoms with E-state index in [0.29, 0.717) is 16.8 Å². The van der Waals surface area contributed by atoms with Gasteiger partial charge in [-0.15, -0.1) is 0 Å². The fraction of sp³-hybridized carbons (Fsp3) is 0.355. The summed E-state index contributed by atoms with van der Waals surface area (Å²) in [6.45, 7) is 5.21. The van der Waals surface area contributed by atoms with E-state index in [1.54, 1.807) is 30.3 Å². The van der Waals surface area contributed by atoms with Crippen LogP contribution in [0.2, 0.25) is 0 Å². The molecule has 0 spiro atoms. The molecule has 3 aliphatic rings. The number of allylic oxidation sites excluding steroid dienone is 1. The summed E-state index contributed by atoms with van der Waals surface area (Å²) in [5.74, 6) is -5.59. The van der Waals surface area contributed by atoms with Gasteiger partial charge in [0.05, 0.1) is 12.2 Å². The molecule has 3 atom stereocenters. The molecule has 0 unspecified atom stereocenters. The van der Waals surface area contributed by atoms with Crippen LogP contribution in [0.1, 0.15) is 44.7 Å². The first kappa shape index (κ1) is 28.1. The highest BCUT2D eigenvalue weighted by Crippen LogP contribution is 2.53. The van der Waals surface area contributed by atoms with Crippen molar-refractivity contribution in [3.05, 3.63) is 64.4 Å². The summed E-state index contributed by atoms with van der Waals surface area (Å²) in [6.07, 6.45) is -0.593. The molecule has 1 amide bonds. The molecule has 0 radical (unpaired) electrons. The Morgan fingerprint density at radius 1 is 1.05 bits per heavy atom. The van der Waals surface area contributed by atoms with E-state index in [1.807, 2.05) is 13.8 Å². The van der Waals surface area contributed by atoms with Crippen LogP contribution in [-0.2, 0) is 25.5 Å². The number of hydrogen-bond acceptors (Lipinski definition) is 9. The summed E-state index contributed by atoms with van der Waals surface area (Å²) >= 11 is 0. The Balaban J connectivity index is 1.52. The van der Waals surface area contributed by atoms with Crippen molar-refractivity contribution in [2.45, 2.75) is 45.6 Å². The van der Waals surface area contributed by atoms with Crippen molar-refractivity contribution in [3.8, 4) is 16.9 Å². The number of aromatic hydroxyl groups is 1. The lowest BCUT2D eigenvalue weighted by Crippen LogP contribution is -2.57. The van der Waals surface area contributed by atoms with Gasteiger partial charge in [-0.25, -0.2) is 4.79 Å². The number of hydrogen-bond donors (Lipinski definition) is 5. The fourth-order valence-corrected chi connectivity index (χ4v) is 6.13. The molecule has 0 aromatic heterocycles. The topological polar surface area (TPSA) is 170 Å². The average Bonchev–Trinajstić information content (AvgIpc) is 2.90. The van der Waals surface area contributed by atoms with Crippen LogP contribution in [0.25, 0.3) is 16.9 Å². The van der Waals surface area contributed by atoms with Crippen LogP contribution >= 0.6 is 0 Å². The molecule has 214 valence electrons. The normalized spacial score (nSPS) is 23.6. The van der Waals surface area contributed by atoms with Gasteiger partial charge in [0.2, 0.25) is 5.78 Å². The van der Waals surface area contributed by atoms with Crippen LogP contribution in [0.3, 0.4) is 0 Å². The van der Waals surface area contributed by atoms with E-state index in [1.165, 1.54) is 6.07 Å². The van der Waals surface area contributed by atoms with Gasteiger partial charge < -0.3 is 25.2 Å². The number of Topliss-reactive ketones (excluding diaryl/α,β-unsaturated/α-hetero) is 3. The van der Waals surface area contributed by atoms with E-state index < -0.39 is 58.0 Å². The first-order valence-electron chi connectivity index (χ1n) is 13.4. The Labute approximate surface area is 236 Å². The van der Waals surface area contributed by atoms with E-state index in [2.05, 4.69) is 5.32 Å². The predicted octanol–water partition coefficient (Wildman–Crippen LogP) is 4.40. The maximum absolute atomic E-state index is 13.7. The van der Waals surface area contributed by atoms with Crippen LogP contribution in [-0.4, -0.2) is 56.1 Å². The summed E-state index contributed by atoms with van der Waals surface area (Å²) in [7, 11) is 0. The Hall–Kier alpha value is -4.44. The zero-order valence-electron chi connectivity index (χ0n) is 22.9. The van der Waals surface area contributed by atoms with Gasteiger partial charge in [0, 0.05) is 23.6 Å². The lowest BCUT2D eigenvalue weighted by atomic mass is 9.59. The van der Waals surface area contributed by atoms with Gasteiger partial charge in [0.15, 0.2) is 17.2 Å². The predicted molar refractivity (Wildman–Crippen MR) is 148 cm³/mol. The quantitative estimate of drug-likeness (QED) is 0.332. The molecular formula is C31H31NO9. The van der Waals surface area contributed by atoms with Crippen molar-refractivity contribution >= 4 is 34.9 Å². The van der Waals surface area contributed by atoms with Crippen molar-refractivity contribution in [1.82, 2.24) is 0 Å². The number of ketones is 3. The number of carbonyl (C=O) groups is 4. The average molecular weight is 562 g/mol. The molecule has 2 aromatic rings. The number of phenolic OH excluding ortho intramolecular Hbond substituents is 1. The number of ether oxygens (including phenoxy) is 1. The number of aliphatic hydroxyl groups is 3. The van der Waals surface area contributed by atoms with Gasteiger partial charge in [-0.2, -0.15) is 0 Å². The second kappa shape index (κ2) is 10.2. The van der Waals surface area contributed by atoms with Crippen LogP contribution in [0.15, 0.2) is 53.3 Å². The second-order valence-electron chi connectivity index (χ2n) is 11.3. The molecule has 0 aliphatic heterocycles. The molecule has 5 rings (SSSR count). The van der Waals surface area contributed by atoms with Gasteiger partial charge in [0.25, 0.3) is 0 Å². The standard InChI is InChI=1S/C31H31NO9/c1-14(2)13-41-30(39)32-19-6-4-16(5-7-19)20-8-9-22(34)26-21(20)11-17-10-18-12-23(35)24(15(3)33)28(37)31(18,40)29(38)25(17)27(26)36/h4-9,14,17-18,34,36-37,40H,10-13H2,1-3H3,(H,32,39)/t17-,18+,31-/m1/s1. The largest absolute Gasteiger partial charge is 0.508 e. The van der Waals surface area contributed by atoms with Gasteiger partial charge in [-0.3, -0.25) is 19.7 Å². The third-order valence-electron chi connectivity index (χ3n) is 8.04. The second-order valence-corrected chi connectivity index (χ2v) is 11.3. The number of rotatable bonds is 5. The highest BCUT2D eigenvalue weighted by atomic mass is 16.5. The third kappa shape index (κ3) is 4.58. The zero-order valence-corrected chi connectivity index (χ0v) is 22.9. The summed E-state index contributed by atoms with van der Waals surface area (Å²) in [4.78, 5) is 50.3. The van der Waals surface area contributed by atoms with Crippen LogP contribution in [0, 0.1) is 17.8 Å². The molecule has 0 saturated heterocycles. The summed E-state index contributed by atoms with van der Waals surface area (Å²) in [6, 6.07) is 9.97. The molecule has 2 aromatic carbocycles. The van der Waals surface area contributed by atoms with E-state index in [4.69, 9.17) is 4.74 Å². The molecule has 5 N–H and O–H groups in total. The maximum atomic E-state index is 13.7. The monoisotopic (exact) mass is 561 g/mol. The minimum atomic E-state index is -2.53. The number of fused-ring (bicyclic) bond motifs is 3. The van der Waals surface area contributed by atoms with Crippen molar-refractivity contribution in [2.75, 3.05) is 11.9 Å². The third-order valence-corrected chi connectivity index (χ3v) is 8.04. The van der Waals surface area contributed by atoms with Crippen molar-refractivity contribution in [2.24, 2.45) is 17.8 Å². The lowest BCUT2D eigenvalue weighted by molar-refractivity contribution is -0.147. The summed E-state index contributed by atoms with van der Waals surface area (Å²) < 4.78 is 5.14. The van der Waals surface area contributed by atoms with E-state index in [-0.39, 0.29) is 48.7 Å². The molecule has 0 heterocycles. The first-order chi connectivity index (χ1) is 19.3. The molecular weight excluding hydrogens is 530 g/mol. The Morgan fingerprint density at radius 3 is 2.37 bits per heavy atom. The number of carbonyl (C=O) groups excluding carboxylic acids is 4. The number of benzene rings is 2. The molecule has 41 heavy (non-hydrogen) atoms. The molecule has 1 saturated carbocycles. The van der Waals surface area contributed by atoms with Crippen molar-refractivity contribution in [1.29, 1.82) is 0 Å². The summed E-state index contributed by atoms with van der Waals surface area (Å²) in [5, 5.41) is 46.9. The van der Waals surface area contributed by atoms with Crippen molar-refractivity contribution in [3.63, 3.8) is 0 Å². The SMILES string of the molecule is CC(=O)C1=C(O)[C@@]2(O)C(=O)C3=C(O)c4c(O)ccc(-c5ccc(NC(=O)OCC(C)C)cc5)c4C[C@H]3C[C@H]2CC1=O. The highest BCUT2D eigenvalue weighted by molar-refractivity contribution is 6.23. The first-order valence-corrected chi connectivity index (χ1v) is 13.4. The van der Waals surface area contributed by atoms with Crippen LogP contribution in [0.4, 0.5) is 10.5 Å². The highest BCUT2D eigenvalue weighted by Gasteiger charge is 2.60. The van der Waals surface area contributed by atoms with E-state index >= 15 is 0 Å². The molecule has 3 aliphatic carbocycles. The van der Waals surface area contributed by atoms with Gasteiger partial charge in [-0.1, -0.05) is 32.0 Å². The van der Waals surface area contributed by atoms with Crippen molar-refractivity contribution < 1.29 is 44.3 Å². The van der Waals surface area contributed by atoms with E-state index in [0.717, 1.165) is 12.5 Å². The number of phenols is 1. The van der Waals surface area contributed by atoms with E-state index in [9.17, 15) is 39.6 Å². The summed E-state index contributed by atoms with van der Waals surface area (Å²) in [5.41, 5.74) is -0.794. The minimum Gasteiger partial charge on any atom is -0.508 e. The molecule has 10 nitrogen and oxygen atoms in total. The smallest absolute Gasteiger partial charge is 0.411 e. The molecule has 1 fully saturated rings. The van der Waals surface area contributed by atoms with Gasteiger partial charge >= 0.3 is 6.09 Å². The maximum Gasteiger partial charge on any atom is 0.411 e.